The Morgan fingerprint density at radius 2 is 0.906 bits per heavy atom. The van der Waals surface area contributed by atoms with Gasteiger partial charge in [0.25, 0.3) is 11.8 Å². The molecular weight excluding hydrogens is 416 g/mol. The summed E-state index contributed by atoms with van der Waals surface area (Å²) in [7, 11) is 0. The zero-order valence-electron chi connectivity index (χ0n) is 17.7. The zero-order chi connectivity index (χ0) is 24.2. The number of carbonyl (C=O) groups excluding carboxylic acids is 2. The summed E-state index contributed by atoms with van der Waals surface area (Å²) in [5, 5.41) is 16.5. The van der Waals surface area contributed by atoms with Crippen LogP contribution in [0.4, 0.5) is 0 Å². The van der Waals surface area contributed by atoms with Crippen molar-refractivity contribution in [2.45, 2.75) is 38.5 Å². The summed E-state index contributed by atoms with van der Waals surface area (Å²) in [6.45, 7) is 0. The zero-order valence-corrected chi connectivity index (χ0v) is 17.7. The number of nitrogens with two attached hydrogens (primary N) is 2. The lowest BCUT2D eigenvalue weighted by molar-refractivity contribution is -0.138. The Labute approximate surface area is 186 Å². The average molecular weight is 447 g/mol. The molecule has 2 aromatic rings. The van der Waals surface area contributed by atoms with Crippen molar-refractivity contribution in [2.24, 2.45) is 11.7 Å². The monoisotopic (exact) mass is 446 g/mol. The topological polar surface area (TPSA) is 185 Å². The fraction of sp³-hybridized carbons (Fsp3) is 0.273. The fourth-order valence-electron chi connectivity index (χ4n) is 2.25. The van der Waals surface area contributed by atoms with Crippen LogP contribution < -0.4 is 22.5 Å². The van der Waals surface area contributed by atoms with Gasteiger partial charge in [0, 0.05) is 24.0 Å². The van der Waals surface area contributed by atoms with Gasteiger partial charge < -0.3 is 10.2 Å². The highest BCUT2D eigenvalue weighted by Gasteiger charge is 2.00. The minimum absolute atomic E-state index is 0.188. The third kappa shape index (κ3) is 15.1. The number of carboxylic acid groups (broad SMARTS) is 2. The molecule has 0 spiro atoms. The van der Waals surface area contributed by atoms with Gasteiger partial charge in [0.2, 0.25) is 0 Å². The maximum absolute atomic E-state index is 10.8. The van der Waals surface area contributed by atoms with Crippen molar-refractivity contribution in [3.8, 4) is 0 Å². The maximum atomic E-state index is 10.8. The summed E-state index contributed by atoms with van der Waals surface area (Å²) in [6.07, 6.45) is 3.28. The summed E-state index contributed by atoms with van der Waals surface area (Å²) in [5.74, 6) is 7.71. The van der Waals surface area contributed by atoms with Gasteiger partial charge in [-0.2, -0.15) is 0 Å². The highest BCUT2D eigenvalue weighted by atomic mass is 16.4. The van der Waals surface area contributed by atoms with Gasteiger partial charge in [-0.15, -0.1) is 0 Å². The van der Waals surface area contributed by atoms with Crippen LogP contribution in [0, 0.1) is 0 Å². The Hall–Kier alpha value is -3.76. The van der Waals surface area contributed by atoms with Crippen LogP contribution in [0.5, 0.6) is 0 Å². The van der Waals surface area contributed by atoms with Crippen LogP contribution in [-0.4, -0.2) is 34.0 Å². The van der Waals surface area contributed by atoms with Crippen LogP contribution in [-0.2, 0) is 9.59 Å². The molecule has 0 fully saturated rings. The van der Waals surface area contributed by atoms with Crippen molar-refractivity contribution in [2.75, 3.05) is 0 Å². The van der Waals surface area contributed by atoms with Crippen molar-refractivity contribution in [1.29, 1.82) is 0 Å². The molecule has 0 aliphatic heterocycles. The van der Waals surface area contributed by atoms with Gasteiger partial charge in [-0.1, -0.05) is 49.2 Å². The second-order valence-corrected chi connectivity index (χ2v) is 6.38. The quantitative estimate of drug-likeness (QED) is 0.146. The maximum Gasteiger partial charge on any atom is 0.303 e. The van der Waals surface area contributed by atoms with E-state index in [2.05, 4.69) is 0 Å². The lowest BCUT2D eigenvalue weighted by Crippen LogP contribution is -2.29. The van der Waals surface area contributed by atoms with Gasteiger partial charge in [0.15, 0.2) is 0 Å². The van der Waals surface area contributed by atoms with Gasteiger partial charge in [-0.05, 0) is 37.1 Å². The molecule has 32 heavy (non-hydrogen) atoms. The minimum atomic E-state index is -0.784. The molecule has 0 heterocycles. The van der Waals surface area contributed by atoms with E-state index in [1.807, 2.05) is 23.0 Å². The third-order valence-electron chi connectivity index (χ3n) is 3.87. The number of unbranched alkanes of at least 4 members (excludes halogenated alkanes) is 3. The van der Waals surface area contributed by atoms with Crippen LogP contribution in [0.15, 0.2) is 60.7 Å². The number of rotatable bonds is 9. The number of nitrogens with one attached hydrogen (secondary N) is 2. The van der Waals surface area contributed by atoms with Gasteiger partial charge in [-0.3, -0.25) is 30.0 Å². The first-order chi connectivity index (χ1) is 15.3. The van der Waals surface area contributed by atoms with Crippen LogP contribution in [0.2, 0.25) is 0 Å². The molecular formula is C22H30N4O6. The molecule has 0 saturated heterocycles. The number of hydrazine groups is 2. The Kier molecular flexibility index (Phi) is 15.9. The first-order valence-electron chi connectivity index (χ1n) is 9.87. The molecule has 0 bridgehead atoms. The SMILES string of the molecule is NNC(=O)c1ccccc1.NNC(=O)c1ccccc1.O=C(O)CCCCCCC(=O)O. The molecule has 0 aliphatic rings. The van der Waals surface area contributed by atoms with Crippen molar-refractivity contribution < 1.29 is 29.4 Å². The average Bonchev–Trinajstić information content (AvgIpc) is 2.82. The van der Waals surface area contributed by atoms with E-state index in [0.717, 1.165) is 12.8 Å². The molecule has 0 saturated carbocycles. The number of aliphatic carboxylic acids is 2. The van der Waals surface area contributed by atoms with E-state index in [1.165, 1.54) is 0 Å². The van der Waals surface area contributed by atoms with Gasteiger partial charge in [-0.25, -0.2) is 11.7 Å². The first kappa shape index (κ1) is 28.2. The number of carbonyl (C=O) groups is 4. The van der Waals surface area contributed by atoms with Crippen LogP contribution in [0.3, 0.4) is 0 Å². The molecule has 0 aliphatic carbocycles. The summed E-state index contributed by atoms with van der Waals surface area (Å²) in [6, 6.07) is 17.6. The smallest absolute Gasteiger partial charge is 0.303 e. The summed E-state index contributed by atoms with van der Waals surface area (Å²) >= 11 is 0. The van der Waals surface area contributed by atoms with Crippen molar-refractivity contribution in [3.63, 3.8) is 0 Å². The van der Waals surface area contributed by atoms with Crippen LogP contribution >= 0.6 is 0 Å². The highest BCUT2D eigenvalue weighted by molar-refractivity contribution is 5.94. The highest BCUT2D eigenvalue weighted by Crippen LogP contribution is 2.05. The fourth-order valence-corrected chi connectivity index (χ4v) is 2.25. The number of amides is 2. The molecule has 0 aromatic heterocycles. The predicted octanol–water partition coefficient (Wildman–Crippen LogP) is 2.08. The van der Waals surface area contributed by atoms with E-state index < -0.39 is 11.9 Å². The van der Waals surface area contributed by atoms with Gasteiger partial charge >= 0.3 is 11.9 Å². The molecule has 174 valence electrons. The van der Waals surface area contributed by atoms with Crippen molar-refractivity contribution in [3.05, 3.63) is 71.8 Å². The van der Waals surface area contributed by atoms with E-state index in [1.54, 1.807) is 48.5 Å². The summed E-state index contributed by atoms with van der Waals surface area (Å²) < 4.78 is 0. The normalized spacial score (nSPS) is 9.19. The van der Waals surface area contributed by atoms with E-state index >= 15 is 0 Å². The molecule has 0 radical (unpaired) electrons. The van der Waals surface area contributed by atoms with E-state index in [9.17, 15) is 19.2 Å². The van der Waals surface area contributed by atoms with Crippen LogP contribution in [0.1, 0.15) is 59.2 Å². The second kappa shape index (κ2) is 18.0. The first-order valence-corrected chi connectivity index (χ1v) is 9.87. The summed E-state index contributed by atoms with van der Waals surface area (Å²) in [4.78, 5) is 41.6. The Balaban J connectivity index is 0.000000452. The molecule has 0 atom stereocenters. The minimum Gasteiger partial charge on any atom is -0.481 e. The Morgan fingerprint density at radius 3 is 1.16 bits per heavy atom. The number of nitrogen functional groups attached to an aromatic ring is 2. The van der Waals surface area contributed by atoms with Gasteiger partial charge in [0.05, 0.1) is 0 Å². The molecule has 2 amide bonds. The van der Waals surface area contributed by atoms with E-state index in [4.69, 9.17) is 21.9 Å². The Morgan fingerprint density at radius 1 is 0.594 bits per heavy atom. The molecule has 2 rings (SSSR count). The van der Waals surface area contributed by atoms with Crippen molar-refractivity contribution >= 4 is 23.8 Å². The molecule has 10 nitrogen and oxygen atoms in total. The number of carboxylic acids is 2. The molecule has 8 N–H and O–H groups in total. The molecule has 2 aromatic carbocycles. The number of hydrogen-bond donors (Lipinski definition) is 6. The summed E-state index contributed by atoms with van der Waals surface area (Å²) in [5.41, 5.74) is 5.23. The second-order valence-electron chi connectivity index (χ2n) is 6.38. The van der Waals surface area contributed by atoms with Crippen LogP contribution in [0.25, 0.3) is 0 Å². The number of benzene rings is 2. The Bertz CT molecular complexity index is 746. The predicted molar refractivity (Wildman–Crippen MR) is 119 cm³/mol. The van der Waals surface area contributed by atoms with Crippen molar-refractivity contribution in [1.82, 2.24) is 10.9 Å². The lowest BCUT2D eigenvalue weighted by atomic mass is 10.1. The lowest BCUT2D eigenvalue weighted by Gasteiger charge is -1.96. The third-order valence-corrected chi connectivity index (χ3v) is 3.87. The molecule has 10 heteroatoms. The number of hydrogen-bond acceptors (Lipinski definition) is 6. The molecule has 0 unspecified atom stereocenters. The van der Waals surface area contributed by atoms with E-state index in [-0.39, 0.29) is 24.7 Å². The van der Waals surface area contributed by atoms with Gasteiger partial charge in [0.1, 0.15) is 0 Å². The largest absolute Gasteiger partial charge is 0.481 e. The standard InChI is InChI=1S/C8H14O4.2C7H8N2O/c9-7(10)5-3-1-2-4-6-8(11)12;2*8-9-7(10)6-4-2-1-3-5-6/h1-6H2,(H,9,10)(H,11,12);2*1-5H,8H2,(H,9,10). The van der Waals surface area contributed by atoms with E-state index in [0.29, 0.717) is 24.0 Å².